The van der Waals surface area contributed by atoms with Crippen molar-refractivity contribution in [2.75, 3.05) is 38.5 Å². The predicted molar refractivity (Wildman–Crippen MR) is 169 cm³/mol. The van der Waals surface area contributed by atoms with Gasteiger partial charge in [-0.15, -0.1) is 0 Å². The minimum absolute atomic E-state index is 0.0268. The maximum atomic E-state index is 13.9. The van der Waals surface area contributed by atoms with E-state index < -0.39 is 5.82 Å². The molecule has 44 heavy (non-hydrogen) atoms. The number of carbonyl (C=O) groups excluding carboxylic acids is 1. The minimum atomic E-state index is -0.528. The van der Waals surface area contributed by atoms with Crippen LogP contribution in [-0.4, -0.2) is 69.8 Å². The highest BCUT2D eigenvalue weighted by atomic mass is 35.5. The molecule has 0 aliphatic carbocycles. The van der Waals surface area contributed by atoms with Crippen LogP contribution in [0.1, 0.15) is 37.3 Å². The SMILES string of the molecule is C=CC(=O)N1CCC(Oc2cc3c(Nc4ccc(F)c(Cl)c4)c(C#N)cnc3cc2-c2cnn(C3CCN(C)CC3)c2)CC1. The van der Waals surface area contributed by atoms with E-state index in [4.69, 9.17) is 21.4 Å². The zero-order valence-electron chi connectivity index (χ0n) is 24.5. The number of anilines is 2. The van der Waals surface area contributed by atoms with Crippen molar-refractivity contribution < 1.29 is 13.9 Å². The van der Waals surface area contributed by atoms with Crippen LogP contribution in [0.25, 0.3) is 22.0 Å². The number of hydrogen-bond donors (Lipinski definition) is 1. The number of pyridine rings is 1. The van der Waals surface area contributed by atoms with Crippen molar-refractivity contribution in [3.63, 3.8) is 0 Å². The lowest BCUT2D eigenvalue weighted by atomic mass is 10.0. The number of amides is 1. The molecule has 1 amide bonds. The average Bonchev–Trinajstić information content (AvgIpc) is 3.53. The van der Waals surface area contributed by atoms with Crippen molar-refractivity contribution in [2.45, 2.75) is 37.8 Å². The Morgan fingerprint density at radius 1 is 1.16 bits per heavy atom. The molecule has 4 heterocycles. The van der Waals surface area contributed by atoms with Crippen LogP contribution in [0.5, 0.6) is 5.75 Å². The third kappa shape index (κ3) is 6.11. The van der Waals surface area contributed by atoms with E-state index >= 15 is 0 Å². The maximum absolute atomic E-state index is 13.9. The third-order valence-electron chi connectivity index (χ3n) is 8.48. The summed E-state index contributed by atoms with van der Waals surface area (Å²) in [6.07, 6.45) is 10.1. The summed E-state index contributed by atoms with van der Waals surface area (Å²) >= 11 is 6.05. The van der Waals surface area contributed by atoms with Gasteiger partial charge >= 0.3 is 0 Å². The summed E-state index contributed by atoms with van der Waals surface area (Å²) in [4.78, 5) is 20.9. The largest absolute Gasteiger partial charge is 0.490 e. The number of likely N-dealkylation sites (tertiary alicyclic amines) is 2. The maximum Gasteiger partial charge on any atom is 0.245 e. The Hall–Kier alpha value is -4.46. The van der Waals surface area contributed by atoms with E-state index in [1.807, 2.05) is 23.0 Å². The first-order valence-electron chi connectivity index (χ1n) is 14.7. The topological polar surface area (TPSA) is 99.3 Å². The Labute approximate surface area is 260 Å². The fraction of sp³-hybridized carbons (Fsp3) is 0.333. The molecular formula is C33H33ClFN7O2. The van der Waals surface area contributed by atoms with Gasteiger partial charge in [-0.2, -0.15) is 10.4 Å². The van der Waals surface area contributed by atoms with Crippen LogP contribution in [0.4, 0.5) is 15.8 Å². The van der Waals surface area contributed by atoms with Crippen LogP contribution in [0.15, 0.2) is 61.6 Å². The smallest absolute Gasteiger partial charge is 0.245 e. The van der Waals surface area contributed by atoms with E-state index in [9.17, 15) is 14.4 Å². The number of benzene rings is 2. The van der Waals surface area contributed by atoms with Gasteiger partial charge in [0.05, 0.1) is 34.0 Å². The number of nitrogens with zero attached hydrogens (tertiary/aromatic N) is 6. The van der Waals surface area contributed by atoms with Crippen molar-refractivity contribution in [3.8, 4) is 22.9 Å². The lowest BCUT2D eigenvalue weighted by molar-refractivity contribution is -0.127. The van der Waals surface area contributed by atoms with Crippen LogP contribution in [-0.2, 0) is 4.79 Å². The average molecular weight is 614 g/mol. The van der Waals surface area contributed by atoms with Gasteiger partial charge in [-0.3, -0.25) is 14.5 Å². The van der Waals surface area contributed by atoms with Gasteiger partial charge in [0.1, 0.15) is 23.7 Å². The van der Waals surface area contributed by atoms with Crippen molar-refractivity contribution in [3.05, 3.63) is 78.0 Å². The highest BCUT2D eigenvalue weighted by Crippen LogP contribution is 2.40. The van der Waals surface area contributed by atoms with E-state index in [1.165, 1.54) is 24.4 Å². The normalized spacial score (nSPS) is 16.5. The Balaban J connectivity index is 1.40. The number of nitriles is 1. The molecule has 2 aliphatic rings. The van der Waals surface area contributed by atoms with Gasteiger partial charge in [0.15, 0.2) is 0 Å². The number of carbonyl (C=O) groups is 1. The summed E-state index contributed by atoms with van der Waals surface area (Å²) in [5, 5.41) is 18.6. The molecule has 2 aliphatic heterocycles. The van der Waals surface area contributed by atoms with Crippen molar-refractivity contribution >= 4 is 39.8 Å². The third-order valence-corrected chi connectivity index (χ3v) is 8.76. The summed E-state index contributed by atoms with van der Waals surface area (Å²) in [6, 6.07) is 10.7. The molecule has 0 atom stereocenters. The number of piperidine rings is 2. The molecule has 0 unspecified atom stereocenters. The molecule has 4 aromatic rings. The van der Waals surface area contributed by atoms with E-state index in [0.29, 0.717) is 65.6 Å². The molecule has 0 spiro atoms. The number of nitrogens with one attached hydrogen (secondary N) is 1. The Kier molecular flexibility index (Phi) is 8.51. The molecule has 11 heteroatoms. The van der Waals surface area contributed by atoms with Crippen LogP contribution >= 0.6 is 11.6 Å². The van der Waals surface area contributed by atoms with Crippen LogP contribution < -0.4 is 10.1 Å². The molecule has 2 fully saturated rings. The summed E-state index contributed by atoms with van der Waals surface area (Å²) in [6.45, 7) is 6.80. The van der Waals surface area contributed by atoms with Crippen LogP contribution in [0.2, 0.25) is 5.02 Å². The Morgan fingerprint density at radius 2 is 1.93 bits per heavy atom. The molecule has 0 bridgehead atoms. The summed E-state index contributed by atoms with van der Waals surface area (Å²) in [7, 11) is 2.14. The molecule has 0 saturated carbocycles. The molecule has 9 nitrogen and oxygen atoms in total. The first-order valence-corrected chi connectivity index (χ1v) is 15.1. The Bertz CT molecular complexity index is 1750. The van der Waals surface area contributed by atoms with Gasteiger partial charge in [-0.1, -0.05) is 18.2 Å². The van der Waals surface area contributed by atoms with Gasteiger partial charge in [-0.05, 0) is 69.4 Å². The van der Waals surface area contributed by atoms with Crippen LogP contribution in [0.3, 0.4) is 0 Å². The fourth-order valence-corrected chi connectivity index (χ4v) is 6.10. The number of aromatic nitrogens is 3. The highest BCUT2D eigenvalue weighted by molar-refractivity contribution is 6.31. The van der Waals surface area contributed by atoms with E-state index in [0.717, 1.165) is 37.1 Å². The quantitative estimate of drug-likeness (QED) is 0.243. The van der Waals surface area contributed by atoms with E-state index in [1.54, 1.807) is 11.0 Å². The van der Waals surface area contributed by atoms with E-state index in [-0.39, 0.29) is 17.0 Å². The zero-order chi connectivity index (χ0) is 30.8. The van der Waals surface area contributed by atoms with Crippen LogP contribution in [0, 0.1) is 17.1 Å². The molecule has 6 rings (SSSR count). The minimum Gasteiger partial charge on any atom is -0.490 e. The van der Waals surface area contributed by atoms with Crippen molar-refractivity contribution in [1.82, 2.24) is 24.6 Å². The highest BCUT2D eigenvalue weighted by Gasteiger charge is 2.26. The van der Waals surface area contributed by atoms with Gasteiger partial charge in [-0.25, -0.2) is 4.39 Å². The monoisotopic (exact) mass is 613 g/mol. The lowest BCUT2D eigenvalue weighted by Gasteiger charge is -2.32. The number of ether oxygens (including phenoxy) is 1. The number of halogens is 2. The second kappa shape index (κ2) is 12.6. The second-order valence-corrected chi connectivity index (χ2v) is 11.8. The standard InChI is InChI=1S/C33H33ClFN7O2/c1-3-32(43)41-12-8-25(9-13-41)44-31-16-27-30(15-26(31)22-19-38-42(20-22)24-6-10-40(2)11-7-24)37-18-21(17-36)33(27)39-23-4-5-29(35)28(34)14-23/h3-5,14-16,18-20,24-25H,1,6-13H2,2H3,(H,37,39). The molecule has 2 aromatic heterocycles. The van der Waals surface area contributed by atoms with Gasteiger partial charge in [0, 0.05) is 60.5 Å². The molecular weight excluding hydrogens is 581 g/mol. The van der Waals surface area contributed by atoms with Gasteiger partial charge in [0.25, 0.3) is 0 Å². The second-order valence-electron chi connectivity index (χ2n) is 11.4. The van der Waals surface area contributed by atoms with E-state index in [2.05, 4.69) is 41.1 Å². The summed E-state index contributed by atoms with van der Waals surface area (Å²) < 4.78 is 22.6. The van der Waals surface area contributed by atoms with Gasteiger partial charge in [0.2, 0.25) is 5.91 Å². The predicted octanol–water partition coefficient (Wildman–Crippen LogP) is 6.33. The number of hydrogen-bond acceptors (Lipinski definition) is 7. The summed E-state index contributed by atoms with van der Waals surface area (Å²) in [5.74, 6) is 0.0214. The van der Waals surface area contributed by atoms with Crippen molar-refractivity contribution in [1.29, 1.82) is 5.26 Å². The first kappa shape index (κ1) is 29.6. The Morgan fingerprint density at radius 3 is 2.64 bits per heavy atom. The molecule has 226 valence electrons. The number of fused-ring (bicyclic) bond motifs is 1. The van der Waals surface area contributed by atoms with Gasteiger partial charge < -0.3 is 19.9 Å². The molecule has 2 aromatic carbocycles. The number of rotatable bonds is 7. The molecule has 1 N–H and O–H groups in total. The summed E-state index contributed by atoms with van der Waals surface area (Å²) in [5.41, 5.74) is 3.78. The molecule has 2 saturated heterocycles. The zero-order valence-corrected chi connectivity index (χ0v) is 25.2. The lowest BCUT2D eigenvalue weighted by Crippen LogP contribution is -2.41. The first-order chi connectivity index (χ1) is 21.3. The van der Waals surface area contributed by atoms with Crippen molar-refractivity contribution in [2.24, 2.45) is 0 Å². The molecule has 0 radical (unpaired) electrons. The fourth-order valence-electron chi connectivity index (χ4n) is 5.92.